The number of fused-ring (bicyclic) bond motifs is 1. The van der Waals surface area contributed by atoms with E-state index in [1.165, 1.54) is 41.2 Å². The summed E-state index contributed by atoms with van der Waals surface area (Å²) in [5, 5.41) is 2.40. The number of hydrogen-bond donors (Lipinski definition) is 0. The van der Waals surface area contributed by atoms with E-state index in [-0.39, 0.29) is 0 Å². The molecule has 3 rings (SSSR count). The summed E-state index contributed by atoms with van der Waals surface area (Å²) in [5.41, 5.74) is 3.86. The maximum Gasteiger partial charge on any atom is 0.119 e. The molecule has 0 amide bonds. The predicted octanol–water partition coefficient (Wildman–Crippen LogP) is 5.96. The van der Waals surface area contributed by atoms with Gasteiger partial charge in [-0.05, 0) is 60.0 Å². The molecule has 1 aromatic heterocycles. The zero-order chi connectivity index (χ0) is 17.5. The van der Waals surface area contributed by atoms with Gasteiger partial charge in [0.2, 0.25) is 0 Å². The molecule has 2 aromatic carbocycles. The number of benzene rings is 2. The third-order valence-electron chi connectivity index (χ3n) is 4.50. The van der Waals surface area contributed by atoms with Crippen LogP contribution in [0, 0.1) is 0 Å². The van der Waals surface area contributed by atoms with Crippen molar-refractivity contribution in [2.75, 3.05) is 6.61 Å². The fourth-order valence-electron chi connectivity index (χ4n) is 3.07. The average molecular weight is 333 g/mol. The van der Waals surface area contributed by atoms with Crippen LogP contribution in [0.3, 0.4) is 0 Å². The molecule has 0 aliphatic heterocycles. The molecule has 2 heteroatoms. The summed E-state index contributed by atoms with van der Waals surface area (Å²) in [6.07, 6.45) is 7.45. The summed E-state index contributed by atoms with van der Waals surface area (Å²) in [7, 11) is 0. The van der Waals surface area contributed by atoms with Crippen molar-refractivity contribution in [2.24, 2.45) is 0 Å². The van der Waals surface area contributed by atoms with Crippen molar-refractivity contribution in [1.29, 1.82) is 0 Å². The number of unbranched alkanes of at least 4 members (excludes halogenated alkanes) is 1. The molecule has 0 saturated carbocycles. The minimum atomic E-state index is 0.758. The SMILES string of the molecule is CCCCc1ccc(Cc2nccc3cc(OCCC)ccc23)cc1. The van der Waals surface area contributed by atoms with Crippen molar-refractivity contribution in [3.63, 3.8) is 0 Å². The van der Waals surface area contributed by atoms with Gasteiger partial charge in [0.05, 0.1) is 12.3 Å². The van der Waals surface area contributed by atoms with Crippen LogP contribution in [0.5, 0.6) is 5.75 Å². The second-order valence-electron chi connectivity index (χ2n) is 6.59. The second kappa shape index (κ2) is 8.66. The molecule has 130 valence electrons. The van der Waals surface area contributed by atoms with Gasteiger partial charge in [-0.25, -0.2) is 0 Å². The highest BCUT2D eigenvalue weighted by atomic mass is 16.5. The Kier molecular flexibility index (Phi) is 6.05. The van der Waals surface area contributed by atoms with Crippen LogP contribution in [0.1, 0.15) is 49.9 Å². The number of nitrogens with zero attached hydrogens (tertiary/aromatic N) is 1. The topological polar surface area (TPSA) is 22.1 Å². The Labute approximate surface area is 150 Å². The molecule has 0 N–H and O–H groups in total. The van der Waals surface area contributed by atoms with Crippen LogP contribution in [0.15, 0.2) is 54.7 Å². The first-order valence-electron chi connectivity index (χ1n) is 9.38. The van der Waals surface area contributed by atoms with Gasteiger partial charge in [0.1, 0.15) is 5.75 Å². The fourth-order valence-corrected chi connectivity index (χ4v) is 3.07. The van der Waals surface area contributed by atoms with Crippen LogP contribution in [-0.2, 0) is 12.8 Å². The van der Waals surface area contributed by atoms with E-state index in [4.69, 9.17) is 4.74 Å². The summed E-state index contributed by atoms with van der Waals surface area (Å²) in [4.78, 5) is 4.63. The molecule has 0 aliphatic carbocycles. The molecule has 0 atom stereocenters. The lowest BCUT2D eigenvalue weighted by molar-refractivity contribution is 0.318. The van der Waals surface area contributed by atoms with E-state index in [0.29, 0.717) is 0 Å². The molecule has 0 radical (unpaired) electrons. The molecule has 0 bridgehead atoms. The number of hydrogen-bond acceptors (Lipinski definition) is 2. The van der Waals surface area contributed by atoms with Crippen molar-refractivity contribution in [3.05, 3.63) is 71.5 Å². The molecule has 25 heavy (non-hydrogen) atoms. The van der Waals surface area contributed by atoms with Gasteiger partial charge in [0.15, 0.2) is 0 Å². The summed E-state index contributed by atoms with van der Waals surface area (Å²) in [6.45, 7) is 5.11. The number of aromatic nitrogens is 1. The van der Waals surface area contributed by atoms with Crippen molar-refractivity contribution in [2.45, 2.75) is 46.0 Å². The summed E-state index contributed by atoms with van der Waals surface area (Å²) < 4.78 is 5.75. The molecular formula is C23H27NO. The van der Waals surface area contributed by atoms with E-state index < -0.39 is 0 Å². The lowest BCUT2D eigenvalue weighted by Crippen LogP contribution is -1.97. The third-order valence-corrected chi connectivity index (χ3v) is 4.50. The Hall–Kier alpha value is -2.35. The van der Waals surface area contributed by atoms with Gasteiger partial charge in [0, 0.05) is 18.0 Å². The van der Waals surface area contributed by atoms with E-state index in [9.17, 15) is 0 Å². The smallest absolute Gasteiger partial charge is 0.119 e. The molecule has 0 aliphatic rings. The van der Waals surface area contributed by atoms with Gasteiger partial charge >= 0.3 is 0 Å². The highest BCUT2D eigenvalue weighted by Crippen LogP contribution is 2.24. The zero-order valence-electron chi connectivity index (χ0n) is 15.3. The molecule has 0 fully saturated rings. The molecular weight excluding hydrogens is 306 g/mol. The van der Waals surface area contributed by atoms with E-state index in [2.05, 4.69) is 67.4 Å². The summed E-state index contributed by atoms with van der Waals surface area (Å²) in [6, 6.07) is 17.4. The first-order valence-corrected chi connectivity index (χ1v) is 9.38. The zero-order valence-corrected chi connectivity index (χ0v) is 15.3. The van der Waals surface area contributed by atoms with Gasteiger partial charge in [-0.15, -0.1) is 0 Å². The minimum Gasteiger partial charge on any atom is -0.494 e. The second-order valence-corrected chi connectivity index (χ2v) is 6.59. The van der Waals surface area contributed by atoms with Crippen LogP contribution in [-0.4, -0.2) is 11.6 Å². The predicted molar refractivity (Wildman–Crippen MR) is 105 cm³/mol. The van der Waals surface area contributed by atoms with E-state index >= 15 is 0 Å². The lowest BCUT2D eigenvalue weighted by Gasteiger charge is -2.09. The summed E-state index contributed by atoms with van der Waals surface area (Å²) in [5.74, 6) is 0.937. The third kappa shape index (κ3) is 4.60. The molecule has 3 aromatic rings. The number of pyridine rings is 1. The van der Waals surface area contributed by atoms with Gasteiger partial charge in [0.25, 0.3) is 0 Å². The molecule has 0 unspecified atom stereocenters. The largest absolute Gasteiger partial charge is 0.494 e. The quantitative estimate of drug-likeness (QED) is 0.507. The standard InChI is InChI=1S/C23H27NO/c1-3-5-6-18-7-9-19(10-8-18)16-23-22-12-11-21(25-15-4-2)17-20(22)13-14-24-23/h7-14,17H,3-6,15-16H2,1-2H3. The monoisotopic (exact) mass is 333 g/mol. The van der Waals surface area contributed by atoms with Crippen LogP contribution in [0.4, 0.5) is 0 Å². The first kappa shape index (κ1) is 17.5. The number of ether oxygens (including phenoxy) is 1. The number of rotatable bonds is 8. The Morgan fingerprint density at radius 3 is 2.44 bits per heavy atom. The maximum absolute atomic E-state index is 5.75. The van der Waals surface area contributed by atoms with Gasteiger partial charge < -0.3 is 4.74 Å². The van der Waals surface area contributed by atoms with Crippen molar-refractivity contribution >= 4 is 10.8 Å². The van der Waals surface area contributed by atoms with Gasteiger partial charge in [-0.1, -0.05) is 44.5 Å². The van der Waals surface area contributed by atoms with Gasteiger partial charge in [-0.3, -0.25) is 4.98 Å². The maximum atomic E-state index is 5.75. The normalized spacial score (nSPS) is 11.0. The van der Waals surface area contributed by atoms with Crippen LogP contribution in [0.25, 0.3) is 10.8 Å². The van der Waals surface area contributed by atoms with Crippen molar-refractivity contribution in [1.82, 2.24) is 4.98 Å². The van der Waals surface area contributed by atoms with Crippen LogP contribution < -0.4 is 4.74 Å². The Balaban J connectivity index is 1.78. The molecule has 0 spiro atoms. The summed E-state index contributed by atoms with van der Waals surface area (Å²) >= 11 is 0. The van der Waals surface area contributed by atoms with E-state index in [1.54, 1.807) is 0 Å². The number of aryl methyl sites for hydroxylation is 1. The van der Waals surface area contributed by atoms with Crippen molar-refractivity contribution in [3.8, 4) is 5.75 Å². The van der Waals surface area contributed by atoms with Crippen LogP contribution >= 0.6 is 0 Å². The van der Waals surface area contributed by atoms with Gasteiger partial charge in [-0.2, -0.15) is 0 Å². The van der Waals surface area contributed by atoms with E-state index in [1.807, 2.05) is 6.20 Å². The molecule has 2 nitrogen and oxygen atoms in total. The average Bonchev–Trinajstić information content (AvgIpc) is 2.66. The van der Waals surface area contributed by atoms with E-state index in [0.717, 1.165) is 30.9 Å². The first-order chi connectivity index (χ1) is 12.3. The fraction of sp³-hybridized carbons (Fsp3) is 0.348. The Morgan fingerprint density at radius 2 is 1.68 bits per heavy atom. The lowest BCUT2D eigenvalue weighted by atomic mass is 10.0. The highest BCUT2D eigenvalue weighted by Gasteiger charge is 2.06. The minimum absolute atomic E-state index is 0.758. The highest BCUT2D eigenvalue weighted by molar-refractivity contribution is 5.86. The molecule has 1 heterocycles. The Bertz CT molecular complexity index is 808. The van der Waals surface area contributed by atoms with Crippen molar-refractivity contribution < 1.29 is 4.74 Å². The Morgan fingerprint density at radius 1 is 0.880 bits per heavy atom. The van der Waals surface area contributed by atoms with Crippen LogP contribution in [0.2, 0.25) is 0 Å². The molecule has 0 saturated heterocycles.